The molecule has 0 spiro atoms. The van der Waals surface area contributed by atoms with Gasteiger partial charge in [-0.3, -0.25) is 4.98 Å². The lowest BCUT2D eigenvalue weighted by Crippen LogP contribution is -2.30. The summed E-state index contributed by atoms with van der Waals surface area (Å²) in [5.74, 6) is 0. The number of piperidine rings is 1. The SMILES string of the molecule is CCc1cnc(C=Cc2cccc3ccccc23)cc1N1CCCCC1.Cl. The zero-order chi connectivity index (χ0) is 17.8. The molecule has 2 nitrogen and oxygen atoms in total. The fourth-order valence-corrected chi connectivity index (χ4v) is 3.85. The van der Waals surface area contributed by atoms with Gasteiger partial charge >= 0.3 is 0 Å². The van der Waals surface area contributed by atoms with Gasteiger partial charge in [0.2, 0.25) is 0 Å². The Hall–Kier alpha value is -2.32. The van der Waals surface area contributed by atoms with Crippen molar-refractivity contribution >= 4 is 41.0 Å². The van der Waals surface area contributed by atoms with Crippen LogP contribution in [0.1, 0.15) is 43.0 Å². The van der Waals surface area contributed by atoms with Gasteiger partial charge in [0.25, 0.3) is 0 Å². The Balaban J connectivity index is 0.00000210. The fourth-order valence-electron chi connectivity index (χ4n) is 3.85. The van der Waals surface area contributed by atoms with Gasteiger partial charge in [0.15, 0.2) is 0 Å². The molecule has 1 aromatic heterocycles. The Morgan fingerprint density at radius 1 is 0.963 bits per heavy atom. The second-order valence-corrected chi connectivity index (χ2v) is 7.04. The van der Waals surface area contributed by atoms with Crippen molar-refractivity contribution in [2.24, 2.45) is 0 Å². The average molecular weight is 379 g/mol. The minimum absolute atomic E-state index is 0. The van der Waals surface area contributed by atoms with E-state index in [1.54, 1.807) is 0 Å². The van der Waals surface area contributed by atoms with Crippen molar-refractivity contribution in [3.05, 3.63) is 71.5 Å². The third-order valence-electron chi connectivity index (χ3n) is 5.32. The van der Waals surface area contributed by atoms with E-state index in [2.05, 4.69) is 83.7 Å². The van der Waals surface area contributed by atoms with Crippen molar-refractivity contribution in [2.75, 3.05) is 18.0 Å². The smallest absolute Gasteiger partial charge is 0.0650 e. The number of hydrogen-bond donors (Lipinski definition) is 0. The van der Waals surface area contributed by atoms with E-state index in [1.165, 1.54) is 59.9 Å². The number of fused-ring (bicyclic) bond motifs is 1. The molecule has 1 aliphatic rings. The molecular weight excluding hydrogens is 352 g/mol. The van der Waals surface area contributed by atoms with Gasteiger partial charge in [-0.15, -0.1) is 12.4 Å². The molecule has 0 bridgehead atoms. The Kier molecular flexibility index (Phi) is 6.52. The molecule has 1 fully saturated rings. The molecule has 0 unspecified atom stereocenters. The number of nitrogens with zero attached hydrogens (tertiary/aromatic N) is 2. The topological polar surface area (TPSA) is 16.1 Å². The van der Waals surface area contributed by atoms with Gasteiger partial charge in [-0.1, -0.05) is 55.5 Å². The summed E-state index contributed by atoms with van der Waals surface area (Å²) < 4.78 is 0. The van der Waals surface area contributed by atoms with Crippen LogP contribution in [0.3, 0.4) is 0 Å². The molecule has 1 aliphatic heterocycles. The molecule has 0 N–H and O–H groups in total. The fraction of sp³-hybridized carbons (Fsp3) is 0.292. The summed E-state index contributed by atoms with van der Waals surface area (Å²) in [7, 11) is 0. The van der Waals surface area contributed by atoms with Crippen LogP contribution in [-0.4, -0.2) is 18.1 Å². The first-order valence-electron chi connectivity index (χ1n) is 9.75. The van der Waals surface area contributed by atoms with Gasteiger partial charge < -0.3 is 4.90 Å². The molecule has 1 saturated heterocycles. The van der Waals surface area contributed by atoms with Crippen molar-refractivity contribution in [1.82, 2.24) is 4.98 Å². The molecule has 0 aliphatic carbocycles. The lowest BCUT2D eigenvalue weighted by atomic mass is 10.0. The number of anilines is 1. The van der Waals surface area contributed by atoms with Crippen LogP contribution in [-0.2, 0) is 6.42 Å². The Morgan fingerprint density at radius 3 is 2.56 bits per heavy atom. The van der Waals surface area contributed by atoms with Crippen LogP contribution >= 0.6 is 12.4 Å². The zero-order valence-corrected chi connectivity index (χ0v) is 16.7. The predicted octanol–water partition coefficient (Wildman–Crippen LogP) is 6.38. The molecule has 27 heavy (non-hydrogen) atoms. The number of pyridine rings is 1. The second kappa shape index (κ2) is 9.05. The molecule has 2 heterocycles. The van der Waals surface area contributed by atoms with Crippen molar-refractivity contribution in [1.29, 1.82) is 0 Å². The number of hydrogen-bond acceptors (Lipinski definition) is 2. The summed E-state index contributed by atoms with van der Waals surface area (Å²) in [5, 5.41) is 2.56. The van der Waals surface area contributed by atoms with E-state index < -0.39 is 0 Å². The first-order valence-corrected chi connectivity index (χ1v) is 9.75. The molecule has 4 rings (SSSR count). The highest BCUT2D eigenvalue weighted by atomic mass is 35.5. The van der Waals surface area contributed by atoms with Crippen LogP contribution in [0.4, 0.5) is 5.69 Å². The summed E-state index contributed by atoms with van der Waals surface area (Å²) >= 11 is 0. The Labute approximate surface area is 168 Å². The van der Waals surface area contributed by atoms with Crippen LogP contribution in [0.2, 0.25) is 0 Å². The van der Waals surface area contributed by atoms with Crippen LogP contribution in [0.15, 0.2) is 54.7 Å². The Bertz CT molecular complexity index is 921. The minimum atomic E-state index is 0. The standard InChI is InChI=1S/C24H26N2.ClH/c1-2-19-18-25-22(17-24(19)26-15-6-3-7-16-26)14-13-21-11-8-10-20-9-4-5-12-23(20)21;/h4-5,8-14,17-18H,2-3,6-7,15-16H2,1H3;1H. The van der Waals surface area contributed by atoms with Crippen molar-refractivity contribution in [2.45, 2.75) is 32.6 Å². The normalized spacial score (nSPS) is 14.5. The van der Waals surface area contributed by atoms with E-state index in [0.717, 1.165) is 12.1 Å². The van der Waals surface area contributed by atoms with Gasteiger partial charge in [-0.2, -0.15) is 0 Å². The third-order valence-corrected chi connectivity index (χ3v) is 5.32. The van der Waals surface area contributed by atoms with Crippen LogP contribution < -0.4 is 4.90 Å². The second-order valence-electron chi connectivity index (χ2n) is 7.04. The third kappa shape index (κ3) is 4.33. The maximum Gasteiger partial charge on any atom is 0.0650 e. The van der Waals surface area contributed by atoms with Crippen molar-refractivity contribution in [3.63, 3.8) is 0 Å². The maximum absolute atomic E-state index is 4.69. The maximum atomic E-state index is 4.69. The summed E-state index contributed by atoms with van der Waals surface area (Å²) in [6, 6.07) is 17.3. The molecule has 140 valence electrons. The van der Waals surface area contributed by atoms with Crippen molar-refractivity contribution < 1.29 is 0 Å². The van der Waals surface area contributed by atoms with E-state index in [9.17, 15) is 0 Å². The zero-order valence-electron chi connectivity index (χ0n) is 15.9. The number of halogens is 1. The molecule has 0 atom stereocenters. The van der Waals surface area contributed by atoms with E-state index in [-0.39, 0.29) is 12.4 Å². The van der Waals surface area contributed by atoms with Gasteiger partial charge in [0, 0.05) is 25.0 Å². The molecule has 2 aromatic carbocycles. The summed E-state index contributed by atoms with van der Waals surface area (Å²) in [5.41, 5.74) is 5.01. The molecule has 0 amide bonds. The first-order chi connectivity index (χ1) is 12.8. The van der Waals surface area contributed by atoms with Crippen LogP contribution in [0.25, 0.3) is 22.9 Å². The highest BCUT2D eigenvalue weighted by molar-refractivity contribution is 5.92. The molecular formula is C24H27ClN2. The minimum Gasteiger partial charge on any atom is -0.371 e. The quantitative estimate of drug-likeness (QED) is 0.523. The molecule has 0 saturated carbocycles. The molecule has 3 heteroatoms. The lowest BCUT2D eigenvalue weighted by molar-refractivity contribution is 0.576. The number of rotatable bonds is 4. The summed E-state index contributed by atoms with van der Waals surface area (Å²) in [6.45, 7) is 4.56. The largest absolute Gasteiger partial charge is 0.371 e. The van der Waals surface area contributed by atoms with E-state index >= 15 is 0 Å². The van der Waals surface area contributed by atoms with Crippen LogP contribution in [0, 0.1) is 0 Å². The highest BCUT2D eigenvalue weighted by Crippen LogP contribution is 2.26. The lowest BCUT2D eigenvalue weighted by Gasteiger charge is -2.30. The van der Waals surface area contributed by atoms with E-state index in [4.69, 9.17) is 0 Å². The van der Waals surface area contributed by atoms with Gasteiger partial charge in [0.05, 0.1) is 5.69 Å². The highest BCUT2D eigenvalue weighted by Gasteiger charge is 2.14. The molecule has 0 radical (unpaired) electrons. The summed E-state index contributed by atoms with van der Waals surface area (Å²) in [6.07, 6.45) is 11.4. The van der Waals surface area contributed by atoms with E-state index in [0.29, 0.717) is 0 Å². The summed E-state index contributed by atoms with van der Waals surface area (Å²) in [4.78, 5) is 7.23. The predicted molar refractivity (Wildman–Crippen MR) is 120 cm³/mol. The van der Waals surface area contributed by atoms with Gasteiger partial charge in [-0.25, -0.2) is 0 Å². The van der Waals surface area contributed by atoms with Crippen molar-refractivity contribution in [3.8, 4) is 0 Å². The monoisotopic (exact) mass is 378 g/mol. The average Bonchev–Trinajstić information content (AvgIpc) is 2.72. The van der Waals surface area contributed by atoms with E-state index in [1.807, 2.05) is 0 Å². The number of benzene rings is 2. The molecule has 3 aromatic rings. The first kappa shape index (κ1) is 19.4. The van der Waals surface area contributed by atoms with Gasteiger partial charge in [-0.05, 0) is 59.7 Å². The van der Waals surface area contributed by atoms with Gasteiger partial charge in [0.1, 0.15) is 0 Å². The number of aromatic nitrogens is 1. The Morgan fingerprint density at radius 2 is 1.74 bits per heavy atom. The van der Waals surface area contributed by atoms with Crippen LogP contribution in [0.5, 0.6) is 0 Å². The number of aryl methyl sites for hydroxylation is 1.